The van der Waals surface area contributed by atoms with E-state index in [1.54, 1.807) is 7.11 Å². The molecule has 0 aliphatic heterocycles. The summed E-state index contributed by atoms with van der Waals surface area (Å²) in [6, 6.07) is 10.1. The van der Waals surface area contributed by atoms with E-state index in [2.05, 4.69) is 15.9 Å². The predicted octanol–water partition coefficient (Wildman–Crippen LogP) is 1.69. The van der Waals surface area contributed by atoms with Crippen LogP contribution in [0.3, 0.4) is 0 Å². The molecule has 1 aromatic rings. The van der Waals surface area contributed by atoms with Gasteiger partial charge in [0.1, 0.15) is 0 Å². The van der Waals surface area contributed by atoms with Gasteiger partial charge in [-0.15, -0.1) is 30.4 Å². The van der Waals surface area contributed by atoms with Crippen LogP contribution in [-0.2, 0) is 11.4 Å². The summed E-state index contributed by atoms with van der Waals surface area (Å²) in [7, 11) is 1.57. The zero-order valence-corrected chi connectivity index (χ0v) is 8.95. The van der Waals surface area contributed by atoms with E-state index in [1.807, 2.05) is 30.3 Å². The number of hydrazine groups is 1. The molecule has 0 fully saturated rings. The quantitative estimate of drug-likeness (QED) is 0.604. The highest BCUT2D eigenvalue weighted by Crippen LogP contribution is 1.95. The smallest absolute Gasteiger partial charge is 0.0588 e. The Morgan fingerprint density at radius 3 is 2.31 bits per heavy atom. The number of rotatable bonds is 4. The molecule has 1 aromatic carbocycles. The van der Waals surface area contributed by atoms with Gasteiger partial charge in [0.2, 0.25) is 0 Å². The van der Waals surface area contributed by atoms with Crippen LogP contribution in [0.15, 0.2) is 30.3 Å². The van der Waals surface area contributed by atoms with Crippen LogP contribution in [0.2, 0.25) is 0 Å². The van der Waals surface area contributed by atoms with Crippen molar-refractivity contribution in [1.82, 2.24) is 11.0 Å². The van der Waals surface area contributed by atoms with Crippen molar-refractivity contribution in [1.29, 1.82) is 0 Å². The van der Waals surface area contributed by atoms with Crippen molar-refractivity contribution in [2.24, 2.45) is 0 Å². The van der Waals surface area contributed by atoms with Gasteiger partial charge in [-0.2, -0.15) is 0 Å². The Labute approximate surface area is 90.6 Å². The summed E-state index contributed by atoms with van der Waals surface area (Å²) in [6.07, 6.45) is 0. The van der Waals surface area contributed by atoms with Crippen molar-refractivity contribution in [3.05, 3.63) is 35.9 Å². The Morgan fingerprint density at radius 2 is 1.77 bits per heavy atom. The standard InChI is InChI=1S/C8H12N2O.2ClH/c1-11-10-9-7-8-5-3-2-4-6-8;;/h2-6,9-10H,7H2,1H3;2*1H. The minimum Gasteiger partial charge on any atom is -0.290 e. The Bertz CT molecular complexity index is 197. The van der Waals surface area contributed by atoms with Crippen LogP contribution in [0, 0.1) is 0 Å². The van der Waals surface area contributed by atoms with Crippen LogP contribution >= 0.6 is 24.8 Å². The Kier molecular flexibility index (Phi) is 11.4. The molecule has 0 radical (unpaired) electrons. The number of hydrogen-bond acceptors (Lipinski definition) is 3. The van der Waals surface area contributed by atoms with Crippen molar-refractivity contribution in [3.8, 4) is 0 Å². The molecule has 0 aromatic heterocycles. The van der Waals surface area contributed by atoms with E-state index in [0.717, 1.165) is 6.54 Å². The highest BCUT2D eigenvalue weighted by molar-refractivity contribution is 5.85. The third-order valence-electron chi connectivity index (χ3n) is 1.31. The maximum atomic E-state index is 4.60. The molecule has 13 heavy (non-hydrogen) atoms. The van der Waals surface area contributed by atoms with Gasteiger partial charge < -0.3 is 0 Å². The van der Waals surface area contributed by atoms with Gasteiger partial charge in [0.15, 0.2) is 0 Å². The molecule has 3 nitrogen and oxygen atoms in total. The topological polar surface area (TPSA) is 33.3 Å². The first kappa shape index (κ1) is 15.2. The molecule has 1 rings (SSSR count). The molecule has 0 bridgehead atoms. The molecule has 0 spiro atoms. The van der Waals surface area contributed by atoms with Crippen LogP contribution < -0.4 is 11.0 Å². The van der Waals surface area contributed by atoms with Crippen molar-refractivity contribution in [2.75, 3.05) is 7.11 Å². The second-order valence-electron chi connectivity index (χ2n) is 2.15. The highest BCUT2D eigenvalue weighted by atomic mass is 35.5. The maximum Gasteiger partial charge on any atom is 0.0588 e. The molecule has 0 atom stereocenters. The SMILES string of the molecule is CONNCc1ccccc1.Cl.Cl. The molecule has 0 amide bonds. The van der Waals surface area contributed by atoms with Gasteiger partial charge in [-0.05, 0) is 5.56 Å². The molecular weight excluding hydrogens is 211 g/mol. The number of hydrogen-bond donors (Lipinski definition) is 2. The van der Waals surface area contributed by atoms with Crippen LogP contribution in [0.5, 0.6) is 0 Å². The summed E-state index contributed by atoms with van der Waals surface area (Å²) >= 11 is 0. The first-order valence-electron chi connectivity index (χ1n) is 3.48. The predicted molar refractivity (Wildman–Crippen MR) is 57.9 cm³/mol. The van der Waals surface area contributed by atoms with Crippen molar-refractivity contribution in [3.63, 3.8) is 0 Å². The average molecular weight is 225 g/mol. The summed E-state index contributed by atoms with van der Waals surface area (Å²) < 4.78 is 0. The fourth-order valence-corrected chi connectivity index (χ4v) is 0.806. The van der Waals surface area contributed by atoms with E-state index in [-0.39, 0.29) is 24.8 Å². The normalized spacial score (nSPS) is 8.38. The van der Waals surface area contributed by atoms with E-state index in [0.29, 0.717) is 0 Å². The molecule has 76 valence electrons. The van der Waals surface area contributed by atoms with Gasteiger partial charge in [-0.25, -0.2) is 5.43 Å². The lowest BCUT2D eigenvalue weighted by atomic mass is 10.2. The lowest BCUT2D eigenvalue weighted by molar-refractivity contribution is 0.0537. The van der Waals surface area contributed by atoms with E-state index < -0.39 is 0 Å². The third-order valence-corrected chi connectivity index (χ3v) is 1.31. The van der Waals surface area contributed by atoms with Gasteiger partial charge in [0, 0.05) is 6.54 Å². The first-order valence-corrected chi connectivity index (χ1v) is 3.48. The second kappa shape index (κ2) is 9.77. The third kappa shape index (κ3) is 6.81. The largest absolute Gasteiger partial charge is 0.290 e. The Hall–Kier alpha value is -0.320. The number of nitrogens with one attached hydrogen (secondary N) is 2. The van der Waals surface area contributed by atoms with Crippen LogP contribution in [0.4, 0.5) is 0 Å². The molecule has 2 N–H and O–H groups in total. The van der Waals surface area contributed by atoms with E-state index >= 15 is 0 Å². The highest BCUT2D eigenvalue weighted by Gasteiger charge is 1.87. The van der Waals surface area contributed by atoms with Gasteiger partial charge >= 0.3 is 0 Å². The minimum absolute atomic E-state index is 0. The molecule has 0 saturated heterocycles. The van der Waals surface area contributed by atoms with Gasteiger partial charge in [0.05, 0.1) is 7.11 Å². The fourth-order valence-electron chi connectivity index (χ4n) is 0.806. The molecule has 5 heteroatoms. The first-order chi connectivity index (χ1) is 5.43. The summed E-state index contributed by atoms with van der Waals surface area (Å²) in [5, 5.41) is 0. The number of halogens is 2. The maximum absolute atomic E-state index is 4.60. The summed E-state index contributed by atoms with van der Waals surface area (Å²) in [5.41, 5.74) is 6.65. The summed E-state index contributed by atoms with van der Waals surface area (Å²) in [6.45, 7) is 0.759. The van der Waals surface area contributed by atoms with Gasteiger partial charge in [0.25, 0.3) is 0 Å². The fraction of sp³-hybridized carbons (Fsp3) is 0.250. The zero-order valence-electron chi connectivity index (χ0n) is 7.32. The summed E-state index contributed by atoms with van der Waals surface area (Å²) in [5.74, 6) is 0. The molecule has 0 unspecified atom stereocenters. The summed E-state index contributed by atoms with van der Waals surface area (Å²) in [4.78, 5) is 4.60. The van der Waals surface area contributed by atoms with E-state index in [4.69, 9.17) is 0 Å². The van der Waals surface area contributed by atoms with Crippen molar-refractivity contribution < 1.29 is 4.84 Å². The Morgan fingerprint density at radius 1 is 1.15 bits per heavy atom. The van der Waals surface area contributed by atoms with Gasteiger partial charge in [-0.3, -0.25) is 4.84 Å². The lowest BCUT2D eigenvalue weighted by Gasteiger charge is -2.03. The average Bonchev–Trinajstić information content (AvgIpc) is 2.07. The molecule has 0 aliphatic carbocycles. The van der Waals surface area contributed by atoms with Crippen LogP contribution in [0.25, 0.3) is 0 Å². The zero-order chi connectivity index (χ0) is 7.94. The molecule has 0 heterocycles. The van der Waals surface area contributed by atoms with Crippen LogP contribution in [-0.4, -0.2) is 7.11 Å². The van der Waals surface area contributed by atoms with Crippen molar-refractivity contribution in [2.45, 2.75) is 6.54 Å². The van der Waals surface area contributed by atoms with E-state index in [1.165, 1.54) is 5.56 Å². The van der Waals surface area contributed by atoms with Crippen molar-refractivity contribution >= 4 is 24.8 Å². The molecular formula is C8H14Cl2N2O. The number of benzene rings is 1. The monoisotopic (exact) mass is 224 g/mol. The Balaban J connectivity index is 0. The van der Waals surface area contributed by atoms with E-state index in [9.17, 15) is 0 Å². The molecule has 0 saturated carbocycles. The van der Waals surface area contributed by atoms with Gasteiger partial charge in [-0.1, -0.05) is 30.3 Å². The second-order valence-corrected chi connectivity index (χ2v) is 2.15. The minimum atomic E-state index is 0. The van der Waals surface area contributed by atoms with Crippen LogP contribution in [0.1, 0.15) is 5.56 Å². The molecule has 0 aliphatic rings. The lowest BCUT2D eigenvalue weighted by Crippen LogP contribution is -2.29.